The van der Waals surface area contributed by atoms with E-state index in [4.69, 9.17) is 10.6 Å². The van der Waals surface area contributed by atoms with E-state index in [0.717, 1.165) is 5.56 Å². The predicted octanol–water partition coefficient (Wildman–Crippen LogP) is 1.21. The normalized spacial score (nSPS) is 8.27. The van der Waals surface area contributed by atoms with Crippen LogP contribution in [0.25, 0.3) is 0 Å². The maximum absolute atomic E-state index is 6.47. The summed E-state index contributed by atoms with van der Waals surface area (Å²) < 4.78 is 6.47. The zero-order valence-corrected chi connectivity index (χ0v) is 6.66. The standard InChI is InChI=1S/C7H9NO.ClHO/c8-9-6-7-4-2-1-3-5-7;1-2/h1-5H,6,8H2;2H. The molecule has 3 nitrogen and oxygen atoms in total. The maximum atomic E-state index is 6.47. The summed E-state index contributed by atoms with van der Waals surface area (Å²) in [5.41, 5.74) is 1.10. The van der Waals surface area contributed by atoms with E-state index in [2.05, 4.69) is 16.7 Å². The Morgan fingerprint density at radius 2 is 1.82 bits per heavy atom. The van der Waals surface area contributed by atoms with Crippen molar-refractivity contribution in [2.45, 2.75) is 6.61 Å². The van der Waals surface area contributed by atoms with Gasteiger partial charge in [-0.25, -0.2) is 5.90 Å². The minimum atomic E-state index is 0.487. The van der Waals surface area contributed by atoms with Crippen LogP contribution in [0.1, 0.15) is 5.56 Å². The van der Waals surface area contributed by atoms with E-state index in [1.165, 1.54) is 0 Å². The average molecular weight is 176 g/mol. The van der Waals surface area contributed by atoms with Gasteiger partial charge in [-0.1, -0.05) is 30.3 Å². The molecule has 1 aromatic rings. The van der Waals surface area contributed by atoms with Gasteiger partial charge in [-0.3, -0.25) is 9.50 Å². The highest BCUT2D eigenvalue weighted by atomic mass is 35.5. The van der Waals surface area contributed by atoms with E-state index in [1.807, 2.05) is 30.3 Å². The van der Waals surface area contributed by atoms with E-state index < -0.39 is 0 Å². The first kappa shape index (κ1) is 10.4. The van der Waals surface area contributed by atoms with E-state index in [9.17, 15) is 0 Å². The van der Waals surface area contributed by atoms with Crippen LogP contribution in [0.15, 0.2) is 30.3 Å². The fraction of sp³-hybridized carbons (Fsp3) is 0.143. The third-order valence-electron chi connectivity index (χ3n) is 1.09. The molecule has 11 heavy (non-hydrogen) atoms. The molecule has 0 spiro atoms. The van der Waals surface area contributed by atoms with Crippen LogP contribution < -0.4 is 5.90 Å². The molecule has 0 aliphatic heterocycles. The molecule has 0 aliphatic carbocycles. The summed E-state index contributed by atoms with van der Waals surface area (Å²) in [6.07, 6.45) is 0. The fourth-order valence-corrected chi connectivity index (χ4v) is 0.670. The second kappa shape index (κ2) is 7.50. The molecule has 0 heterocycles. The number of hydrogen-bond acceptors (Lipinski definition) is 3. The summed E-state index contributed by atoms with van der Waals surface area (Å²) in [6, 6.07) is 9.79. The Balaban J connectivity index is 0.000000461. The molecule has 0 unspecified atom stereocenters. The molecule has 0 bridgehead atoms. The Labute approximate surface area is 70.5 Å². The van der Waals surface area contributed by atoms with Gasteiger partial charge in [0.25, 0.3) is 0 Å². The van der Waals surface area contributed by atoms with E-state index >= 15 is 0 Å². The SMILES string of the molecule is NOCc1ccccc1.OCl. The lowest BCUT2D eigenvalue weighted by Gasteiger charge is -1.94. The zero-order chi connectivity index (χ0) is 8.53. The van der Waals surface area contributed by atoms with Gasteiger partial charge in [0.1, 0.15) is 0 Å². The molecule has 0 saturated carbocycles. The monoisotopic (exact) mass is 175 g/mol. The second-order valence-electron chi connectivity index (χ2n) is 1.80. The molecule has 4 heteroatoms. The van der Waals surface area contributed by atoms with E-state index in [-0.39, 0.29) is 0 Å². The van der Waals surface area contributed by atoms with Crippen molar-refractivity contribution in [2.24, 2.45) is 5.90 Å². The molecule has 1 aromatic carbocycles. The van der Waals surface area contributed by atoms with Crippen molar-refractivity contribution >= 4 is 11.9 Å². The summed E-state index contributed by atoms with van der Waals surface area (Å²) in [7, 11) is 0. The first-order valence-electron chi connectivity index (χ1n) is 2.96. The molecule has 0 aromatic heterocycles. The van der Waals surface area contributed by atoms with Crippen LogP contribution in [0.5, 0.6) is 0 Å². The highest BCUT2D eigenvalue weighted by molar-refractivity contribution is 6.04. The number of hydrogen-bond donors (Lipinski definition) is 2. The summed E-state index contributed by atoms with van der Waals surface area (Å²) in [5.74, 6) is 4.86. The van der Waals surface area contributed by atoms with E-state index in [0.29, 0.717) is 6.61 Å². The largest absolute Gasteiger partial charge is 0.300 e. The smallest absolute Gasteiger partial charge is 0.0930 e. The lowest BCUT2D eigenvalue weighted by molar-refractivity contribution is 0.124. The van der Waals surface area contributed by atoms with Gasteiger partial charge in [-0.2, -0.15) is 0 Å². The number of nitrogens with two attached hydrogens (primary N) is 1. The molecule has 0 aliphatic rings. The van der Waals surface area contributed by atoms with Crippen LogP contribution in [-0.2, 0) is 11.4 Å². The molecule has 62 valence electrons. The Bertz CT molecular complexity index is 169. The summed E-state index contributed by atoms with van der Waals surface area (Å²) in [4.78, 5) is 4.43. The molecule has 3 N–H and O–H groups in total. The zero-order valence-electron chi connectivity index (χ0n) is 5.90. The van der Waals surface area contributed by atoms with Crippen LogP contribution in [0, 0.1) is 0 Å². The maximum Gasteiger partial charge on any atom is 0.0930 e. The number of benzene rings is 1. The molecule has 0 amide bonds. The van der Waals surface area contributed by atoms with Gasteiger partial charge >= 0.3 is 0 Å². The Kier molecular flexibility index (Phi) is 7.08. The van der Waals surface area contributed by atoms with Gasteiger partial charge in [0.2, 0.25) is 0 Å². The lowest BCUT2D eigenvalue weighted by atomic mass is 10.2. The summed E-state index contributed by atoms with van der Waals surface area (Å²) >= 11 is 3.64. The van der Waals surface area contributed by atoms with Crippen LogP contribution in [0.2, 0.25) is 0 Å². The van der Waals surface area contributed by atoms with Gasteiger partial charge in [0.15, 0.2) is 0 Å². The predicted molar refractivity (Wildman–Crippen MR) is 43.5 cm³/mol. The minimum absolute atomic E-state index is 0.487. The highest BCUT2D eigenvalue weighted by Gasteiger charge is 1.85. The fourth-order valence-electron chi connectivity index (χ4n) is 0.670. The highest BCUT2D eigenvalue weighted by Crippen LogP contribution is 1.97. The minimum Gasteiger partial charge on any atom is -0.300 e. The average Bonchev–Trinajstić information content (AvgIpc) is 2.11. The second-order valence-corrected chi connectivity index (χ2v) is 1.80. The van der Waals surface area contributed by atoms with Crippen molar-refractivity contribution < 1.29 is 9.50 Å². The molecule has 0 radical (unpaired) electrons. The third kappa shape index (κ3) is 4.75. The molecule has 0 fully saturated rings. The van der Waals surface area contributed by atoms with Gasteiger partial charge in [0, 0.05) is 0 Å². The topological polar surface area (TPSA) is 55.5 Å². The first-order chi connectivity index (χ1) is 5.43. The number of rotatable bonds is 2. The van der Waals surface area contributed by atoms with Crippen molar-refractivity contribution in [1.29, 1.82) is 0 Å². The van der Waals surface area contributed by atoms with E-state index in [1.54, 1.807) is 0 Å². The van der Waals surface area contributed by atoms with Crippen molar-refractivity contribution in [1.82, 2.24) is 0 Å². The summed E-state index contributed by atoms with van der Waals surface area (Å²) in [5, 5.41) is 0. The molecule has 1 rings (SSSR count). The molecular weight excluding hydrogens is 166 g/mol. The Morgan fingerprint density at radius 3 is 2.27 bits per heavy atom. The van der Waals surface area contributed by atoms with Crippen LogP contribution in [-0.4, -0.2) is 4.66 Å². The third-order valence-corrected chi connectivity index (χ3v) is 1.09. The van der Waals surface area contributed by atoms with Crippen molar-refractivity contribution in [3.63, 3.8) is 0 Å². The lowest BCUT2D eigenvalue weighted by Crippen LogP contribution is -1.97. The Morgan fingerprint density at radius 1 is 1.27 bits per heavy atom. The molecule has 0 atom stereocenters. The van der Waals surface area contributed by atoms with Crippen molar-refractivity contribution in [3.8, 4) is 0 Å². The van der Waals surface area contributed by atoms with Crippen LogP contribution in [0.3, 0.4) is 0 Å². The Hall–Kier alpha value is -0.610. The van der Waals surface area contributed by atoms with Crippen LogP contribution in [0.4, 0.5) is 0 Å². The van der Waals surface area contributed by atoms with Crippen molar-refractivity contribution in [3.05, 3.63) is 35.9 Å². The van der Waals surface area contributed by atoms with Gasteiger partial charge in [0.05, 0.1) is 18.5 Å². The first-order valence-corrected chi connectivity index (χ1v) is 3.30. The molecule has 0 saturated heterocycles. The summed E-state index contributed by atoms with van der Waals surface area (Å²) in [6.45, 7) is 0.487. The van der Waals surface area contributed by atoms with Gasteiger partial charge < -0.3 is 0 Å². The van der Waals surface area contributed by atoms with Gasteiger partial charge in [-0.15, -0.1) is 0 Å². The number of halogens is 1. The van der Waals surface area contributed by atoms with Crippen molar-refractivity contribution in [2.75, 3.05) is 0 Å². The van der Waals surface area contributed by atoms with Crippen LogP contribution >= 0.6 is 11.9 Å². The molecular formula is C7H10ClNO2. The van der Waals surface area contributed by atoms with Gasteiger partial charge in [-0.05, 0) is 5.56 Å². The quantitative estimate of drug-likeness (QED) is 0.665.